The van der Waals surface area contributed by atoms with Crippen molar-refractivity contribution in [2.75, 3.05) is 12.8 Å². The number of imidazole rings is 1. The number of hydrogen-bond acceptors (Lipinski definition) is 4. The monoisotopic (exact) mass is 273 g/mol. The molecule has 0 spiro atoms. The van der Waals surface area contributed by atoms with Crippen molar-refractivity contribution >= 4 is 11.8 Å². The maximum atomic E-state index is 11.4. The fraction of sp³-hybridized carbons (Fsp3) is 0.333. The maximum absolute atomic E-state index is 11.4. The molecule has 2 aromatic rings. The Morgan fingerprint density at radius 2 is 2.10 bits per heavy atom. The second kappa shape index (κ2) is 6.23. The number of rotatable bonds is 5. The molecule has 0 bridgehead atoms. The minimum Gasteiger partial charge on any atom is -0.464 e. The van der Waals surface area contributed by atoms with Gasteiger partial charge >= 0.3 is 5.97 Å². The highest BCUT2D eigenvalue weighted by Gasteiger charge is 2.16. The molecule has 0 aliphatic rings. The summed E-state index contributed by atoms with van der Waals surface area (Å²) in [6.07, 6.45) is 2.50. The van der Waals surface area contributed by atoms with Gasteiger partial charge in [0, 0.05) is 6.54 Å². The van der Waals surface area contributed by atoms with Crippen molar-refractivity contribution < 1.29 is 9.53 Å². The summed E-state index contributed by atoms with van der Waals surface area (Å²) in [6, 6.07) is 10.3. The molecule has 2 rings (SSSR count). The number of anilines is 1. The van der Waals surface area contributed by atoms with Crippen LogP contribution in [0.25, 0.3) is 0 Å². The number of carbonyl (C=O) groups is 1. The van der Waals surface area contributed by atoms with E-state index in [2.05, 4.69) is 28.8 Å². The van der Waals surface area contributed by atoms with Gasteiger partial charge in [-0.25, -0.2) is 9.78 Å². The van der Waals surface area contributed by atoms with Crippen LogP contribution in [-0.2, 0) is 11.3 Å². The van der Waals surface area contributed by atoms with Crippen LogP contribution in [0.15, 0.2) is 36.7 Å². The van der Waals surface area contributed by atoms with Crippen LogP contribution in [-0.4, -0.2) is 22.6 Å². The number of aryl methyl sites for hydroxylation is 1. The molecule has 5 heteroatoms. The Hall–Kier alpha value is -2.30. The number of aromatic nitrogens is 2. The van der Waals surface area contributed by atoms with Crippen molar-refractivity contribution in [1.29, 1.82) is 0 Å². The Morgan fingerprint density at radius 1 is 1.40 bits per heavy atom. The predicted molar refractivity (Wildman–Crippen MR) is 77.5 cm³/mol. The third-order valence-electron chi connectivity index (χ3n) is 3.43. The first kappa shape index (κ1) is 14.1. The van der Waals surface area contributed by atoms with Gasteiger partial charge in [0.25, 0.3) is 0 Å². The molecule has 106 valence electrons. The molecule has 0 saturated carbocycles. The van der Waals surface area contributed by atoms with Gasteiger partial charge < -0.3 is 15.0 Å². The third-order valence-corrected chi connectivity index (χ3v) is 3.43. The molecule has 0 fully saturated rings. The second-order valence-electron chi connectivity index (χ2n) is 4.76. The van der Waals surface area contributed by atoms with E-state index in [0.717, 1.165) is 6.42 Å². The lowest BCUT2D eigenvalue weighted by atomic mass is 9.98. The van der Waals surface area contributed by atoms with E-state index in [9.17, 15) is 4.79 Å². The highest BCUT2D eigenvalue weighted by molar-refractivity contribution is 5.91. The molecule has 1 heterocycles. The summed E-state index contributed by atoms with van der Waals surface area (Å²) in [4.78, 5) is 15.4. The predicted octanol–water partition coefficient (Wildman–Crippen LogP) is 2.45. The van der Waals surface area contributed by atoms with Gasteiger partial charge in [-0.15, -0.1) is 0 Å². The molecule has 0 aliphatic heterocycles. The summed E-state index contributed by atoms with van der Waals surface area (Å²) >= 11 is 0. The van der Waals surface area contributed by atoms with Crippen LogP contribution in [0.5, 0.6) is 0 Å². The molecule has 1 atom stereocenters. The van der Waals surface area contributed by atoms with E-state index in [0.29, 0.717) is 18.3 Å². The van der Waals surface area contributed by atoms with E-state index in [1.165, 1.54) is 12.7 Å². The van der Waals surface area contributed by atoms with Gasteiger partial charge in [0.1, 0.15) is 5.82 Å². The zero-order chi connectivity index (χ0) is 14.5. The first-order chi connectivity index (χ1) is 9.63. The molecule has 1 unspecified atom stereocenters. The number of nitrogens with zero attached hydrogens (tertiary/aromatic N) is 2. The van der Waals surface area contributed by atoms with E-state index < -0.39 is 5.97 Å². The maximum Gasteiger partial charge on any atom is 0.360 e. The van der Waals surface area contributed by atoms with E-state index >= 15 is 0 Å². The molecule has 0 radical (unpaired) electrons. The number of esters is 1. The summed E-state index contributed by atoms with van der Waals surface area (Å²) in [7, 11) is 1.32. The fourth-order valence-electron chi connectivity index (χ4n) is 2.10. The molecule has 0 aliphatic carbocycles. The molecule has 1 aromatic heterocycles. The minimum atomic E-state index is -0.502. The molecule has 2 N–H and O–H groups in total. The van der Waals surface area contributed by atoms with Crippen LogP contribution >= 0.6 is 0 Å². The van der Waals surface area contributed by atoms with Crippen LogP contribution in [0.1, 0.15) is 35.3 Å². The minimum absolute atomic E-state index is 0.180. The lowest BCUT2D eigenvalue weighted by Crippen LogP contribution is -2.09. The highest BCUT2D eigenvalue weighted by Crippen LogP contribution is 2.20. The van der Waals surface area contributed by atoms with E-state index in [-0.39, 0.29) is 5.69 Å². The normalized spacial score (nSPS) is 12.1. The summed E-state index contributed by atoms with van der Waals surface area (Å²) < 4.78 is 6.41. The summed E-state index contributed by atoms with van der Waals surface area (Å²) in [5.41, 5.74) is 7.38. The number of benzene rings is 1. The smallest absolute Gasteiger partial charge is 0.360 e. The topological polar surface area (TPSA) is 70.1 Å². The van der Waals surface area contributed by atoms with E-state index in [1.807, 2.05) is 18.2 Å². The molecular formula is C15H19N3O2. The molecule has 0 amide bonds. The highest BCUT2D eigenvalue weighted by atomic mass is 16.5. The second-order valence-corrected chi connectivity index (χ2v) is 4.76. The van der Waals surface area contributed by atoms with Crippen molar-refractivity contribution in [2.45, 2.75) is 25.8 Å². The largest absolute Gasteiger partial charge is 0.464 e. The van der Waals surface area contributed by atoms with E-state index in [1.54, 1.807) is 10.9 Å². The average Bonchev–Trinajstić information content (AvgIpc) is 2.86. The van der Waals surface area contributed by atoms with Crippen molar-refractivity contribution in [2.24, 2.45) is 0 Å². The molecule has 5 nitrogen and oxygen atoms in total. The summed E-state index contributed by atoms with van der Waals surface area (Å²) in [6.45, 7) is 2.88. The molecule has 0 saturated heterocycles. The standard InChI is InChI=1S/C15H19N3O2/c1-11(12-6-4-3-5-7-12)8-9-18-10-17-13(14(18)16)15(19)20-2/h3-7,10-11H,8-9,16H2,1-2H3. The Balaban J connectivity index is 2.01. The Kier molecular flexibility index (Phi) is 4.40. The van der Waals surface area contributed by atoms with Gasteiger partial charge in [-0.05, 0) is 17.9 Å². The van der Waals surface area contributed by atoms with Crippen LogP contribution in [0, 0.1) is 0 Å². The first-order valence-electron chi connectivity index (χ1n) is 6.57. The van der Waals surface area contributed by atoms with Crippen LogP contribution < -0.4 is 5.73 Å². The van der Waals surface area contributed by atoms with Crippen molar-refractivity contribution in [3.63, 3.8) is 0 Å². The Labute approximate surface area is 118 Å². The zero-order valence-electron chi connectivity index (χ0n) is 11.7. The van der Waals surface area contributed by atoms with Crippen LogP contribution in [0.3, 0.4) is 0 Å². The van der Waals surface area contributed by atoms with Crippen LogP contribution in [0.2, 0.25) is 0 Å². The SMILES string of the molecule is COC(=O)c1ncn(CCC(C)c2ccccc2)c1N. The number of carbonyl (C=O) groups excluding carboxylic acids is 1. The van der Waals surface area contributed by atoms with Gasteiger partial charge in [-0.2, -0.15) is 0 Å². The van der Waals surface area contributed by atoms with Gasteiger partial charge in [-0.3, -0.25) is 0 Å². The number of ether oxygens (including phenoxy) is 1. The Bertz CT molecular complexity index is 578. The number of nitrogen functional groups attached to an aromatic ring is 1. The van der Waals surface area contributed by atoms with Crippen molar-refractivity contribution in [3.05, 3.63) is 47.9 Å². The van der Waals surface area contributed by atoms with Gasteiger partial charge in [0.2, 0.25) is 0 Å². The first-order valence-corrected chi connectivity index (χ1v) is 6.57. The van der Waals surface area contributed by atoms with Crippen molar-refractivity contribution in [3.8, 4) is 0 Å². The number of methoxy groups -OCH3 is 1. The summed E-state index contributed by atoms with van der Waals surface area (Å²) in [5.74, 6) is 0.272. The lowest BCUT2D eigenvalue weighted by Gasteiger charge is -2.12. The Morgan fingerprint density at radius 3 is 2.75 bits per heavy atom. The third kappa shape index (κ3) is 2.99. The number of hydrogen-bond donors (Lipinski definition) is 1. The van der Waals surface area contributed by atoms with Crippen LogP contribution in [0.4, 0.5) is 5.82 Å². The number of nitrogens with two attached hydrogens (primary N) is 1. The lowest BCUT2D eigenvalue weighted by molar-refractivity contribution is 0.0596. The average molecular weight is 273 g/mol. The molecule has 20 heavy (non-hydrogen) atoms. The zero-order valence-corrected chi connectivity index (χ0v) is 11.7. The van der Waals surface area contributed by atoms with Gasteiger partial charge in [0.05, 0.1) is 13.4 Å². The van der Waals surface area contributed by atoms with Gasteiger partial charge in [0.15, 0.2) is 5.69 Å². The summed E-state index contributed by atoms with van der Waals surface area (Å²) in [5, 5.41) is 0. The van der Waals surface area contributed by atoms with Crippen molar-refractivity contribution in [1.82, 2.24) is 9.55 Å². The van der Waals surface area contributed by atoms with Gasteiger partial charge in [-0.1, -0.05) is 37.3 Å². The molecule has 1 aromatic carbocycles. The fourth-order valence-corrected chi connectivity index (χ4v) is 2.10. The van der Waals surface area contributed by atoms with E-state index in [4.69, 9.17) is 5.73 Å². The quantitative estimate of drug-likeness (QED) is 0.849. The molecular weight excluding hydrogens is 254 g/mol.